The summed E-state index contributed by atoms with van der Waals surface area (Å²) in [5, 5.41) is 0.488. The van der Waals surface area contributed by atoms with Crippen molar-refractivity contribution in [2.24, 2.45) is 0 Å². The molecule has 0 saturated carbocycles. The van der Waals surface area contributed by atoms with Crippen molar-refractivity contribution in [3.05, 3.63) is 59.4 Å². The molecular formula is C14H13ClN2O3S. The van der Waals surface area contributed by atoms with Gasteiger partial charge in [0, 0.05) is 17.4 Å². The first-order chi connectivity index (χ1) is 9.90. The van der Waals surface area contributed by atoms with Crippen LogP contribution in [0.3, 0.4) is 0 Å². The molecule has 0 spiro atoms. The Hall–Kier alpha value is -1.92. The molecule has 110 valence electrons. The maximum absolute atomic E-state index is 12.1. The van der Waals surface area contributed by atoms with Crippen molar-refractivity contribution in [1.82, 2.24) is 9.71 Å². The summed E-state index contributed by atoms with van der Waals surface area (Å²) in [6.07, 6.45) is 2.63. The standard InChI is InChI=1S/C14H13ClN2O3S/c1-10(11-4-2-5-12(15)8-11)14(18)17-21(19,20)13-6-3-7-16-9-13/h2-10H,1H3,(H,17,18)/t10-/m1/s1. The molecule has 7 heteroatoms. The lowest BCUT2D eigenvalue weighted by Crippen LogP contribution is -2.33. The molecule has 5 nitrogen and oxygen atoms in total. The highest BCUT2D eigenvalue weighted by atomic mass is 35.5. The number of hydrogen-bond donors (Lipinski definition) is 1. The molecule has 0 aliphatic carbocycles. The molecule has 21 heavy (non-hydrogen) atoms. The molecule has 0 radical (unpaired) electrons. The average Bonchev–Trinajstić information content (AvgIpc) is 2.47. The van der Waals surface area contributed by atoms with Gasteiger partial charge in [0.05, 0.1) is 5.92 Å². The Labute approximate surface area is 128 Å². The number of sulfonamides is 1. The molecular weight excluding hydrogens is 312 g/mol. The predicted octanol–water partition coefficient (Wildman–Crippen LogP) is 2.34. The van der Waals surface area contributed by atoms with Gasteiger partial charge < -0.3 is 0 Å². The molecule has 2 aromatic rings. The molecule has 0 unspecified atom stereocenters. The Balaban J connectivity index is 2.18. The first kappa shape index (κ1) is 15.5. The van der Waals surface area contributed by atoms with E-state index in [0.717, 1.165) is 0 Å². The Morgan fingerprint density at radius 2 is 2.05 bits per heavy atom. The van der Waals surface area contributed by atoms with Gasteiger partial charge in [-0.2, -0.15) is 0 Å². The number of aromatic nitrogens is 1. The highest BCUT2D eigenvalue weighted by Gasteiger charge is 2.22. The fourth-order valence-corrected chi connectivity index (χ4v) is 2.93. The fraction of sp³-hybridized carbons (Fsp3) is 0.143. The summed E-state index contributed by atoms with van der Waals surface area (Å²) in [5.74, 6) is -1.27. The summed E-state index contributed by atoms with van der Waals surface area (Å²) in [6, 6.07) is 9.58. The van der Waals surface area contributed by atoms with Gasteiger partial charge in [-0.05, 0) is 36.8 Å². The number of amides is 1. The number of rotatable bonds is 4. The Morgan fingerprint density at radius 3 is 2.67 bits per heavy atom. The Bertz CT molecular complexity index is 748. The minimum Gasteiger partial charge on any atom is -0.273 e. The average molecular weight is 325 g/mol. The molecule has 0 aliphatic rings. The number of carbonyl (C=O) groups excluding carboxylic acids is 1. The largest absolute Gasteiger partial charge is 0.273 e. The molecule has 1 N–H and O–H groups in total. The fourth-order valence-electron chi connectivity index (χ4n) is 1.71. The minimum atomic E-state index is -3.92. The van der Waals surface area contributed by atoms with Crippen LogP contribution in [0.4, 0.5) is 0 Å². The number of carbonyl (C=O) groups is 1. The van der Waals surface area contributed by atoms with Crippen molar-refractivity contribution in [3.8, 4) is 0 Å². The highest BCUT2D eigenvalue weighted by molar-refractivity contribution is 7.90. The lowest BCUT2D eigenvalue weighted by molar-refractivity contribution is -0.120. The maximum Gasteiger partial charge on any atom is 0.265 e. The first-order valence-electron chi connectivity index (χ1n) is 6.12. The third kappa shape index (κ3) is 3.80. The summed E-state index contributed by atoms with van der Waals surface area (Å²) in [4.78, 5) is 15.8. The van der Waals surface area contributed by atoms with Crippen LogP contribution in [-0.2, 0) is 14.8 Å². The van der Waals surface area contributed by atoms with E-state index >= 15 is 0 Å². The second-order valence-electron chi connectivity index (χ2n) is 4.44. The van der Waals surface area contributed by atoms with E-state index in [0.29, 0.717) is 10.6 Å². The van der Waals surface area contributed by atoms with Gasteiger partial charge in [-0.3, -0.25) is 9.78 Å². The summed E-state index contributed by atoms with van der Waals surface area (Å²) < 4.78 is 26.1. The molecule has 1 amide bonds. The van der Waals surface area contributed by atoms with Gasteiger partial charge in [-0.25, -0.2) is 13.1 Å². The van der Waals surface area contributed by atoms with Crippen molar-refractivity contribution in [1.29, 1.82) is 0 Å². The molecule has 1 heterocycles. The summed E-state index contributed by atoms with van der Waals surface area (Å²) in [6.45, 7) is 1.61. The van der Waals surface area contributed by atoms with E-state index in [1.165, 1.54) is 24.5 Å². The zero-order valence-electron chi connectivity index (χ0n) is 11.2. The van der Waals surface area contributed by atoms with E-state index in [9.17, 15) is 13.2 Å². The van der Waals surface area contributed by atoms with Gasteiger partial charge in [0.2, 0.25) is 5.91 Å². The molecule has 2 rings (SSSR count). The highest BCUT2D eigenvalue weighted by Crippen LogP contribution is 2.20. The molecule has 0 aliphatic heterocycles. The third-order valence-corrected chi connectivity index (χ3v) is 4.49. The number of nitrogens with zero attached hydrogens (tertiary/aromatic N) is 1. The number of hydrogen-bond acceptors (Lipinski definition) is 4. The molecule has 0 bridgehead atoms. The van der Waals surface area contributed by atoms with Crippen molar-refractivity contribution < 1.29 is 13.2 Å². The van der Waals surface area contributed by atoms with Gasteiger partial charge in [0.15, 0.2) is 0 Å². The van der Waals surface area contributed by atoms with Crippen LogP contribution in [0.1, 0.15) is 18.4 Å². The van der Waals surface area contributed by atoms with Gasteiger partial charge >= 0.3 is 0 Å². The number of halogens is 1. The normalized spacial score (nSPS) is 12.7. The predicted molar refractivity (Wildman–Crippen MR) is 79.4 cm³/mol. The zero-order valence-corrected chi connectivity index (χ0v) is 12.7. The second kappa shape index (κ2) is 6.24. The topological polar surface area (TPSA) is 76.1 Å². The van der Waals surface area contributed by atoms with Crippen LogP contribution in [0.2, 0.25) is 5.02 Å². The van der Waals surface area contributed by atoms with E-state index in [2.05, 4.69) is 4.98 Å². The van der Waals surface area contributed by atoms with Crippen LogP contribution in [-0.4, -0.2) is 19.3 Å². The lowest BCUT2D eigenvalue weighted by atomic mass is 10.0. The Morgan fingerprint density at radius 1 is 1.29 bits per heavy atom. The smallest absolute Gasteiger partial charge is 0.265 e. The van der Waals surface area contributed by atoms with Gasteiger partial charge in [0.25, 0.3) is 10.0 Å². The summed E-state index contributed by atoms with van der Waals surface area (Å²) >= 11 is 5.86. The minimum absolute atomic E-state index is 0.0587. The van der Waals surface area contributed by atoms with Crippen LogP contribution in [0.5, 0.6) is 0 Å². The van der Waals surface area contributed by atoms with Gasteiger partial charge in [-0.15, -0.1) is 0 Å². The number of nitrogens with one attached hydrogen (secondary N) is 1. The van der Waals surface area contributed by atoms with Crippen LogP contribution in [0.25, 0.3) is 0 Å². The van der Waals surface area contributed by atoms with E-state index in [-0.39, 0.29) is 4.90 Å². The van der Waals surface area contributed by atoms with Crippen molar-refractivity contribution in [2.75, 3.05) is 0 Å². The van der Waals surface area contributed by atoms with Crippen molar-refractivity contribution in [2.45, 2.75) is 17.7 Å². The summed E-state index contributed by atoms with van der Waals surface area (Å²) in [5.41, 5.74) is 0.640. The van der Waals surface area contributed by atoms with Crippen molar-refractivity contribution in [3.63, 3.8) is 0 Å². The maximum atomic E-state index is 12.1. The van der Waals surface area contributed by atoms with Crippen LogP contribution in [0.15, 0.2) is 53.7 Å². The van der Waals surface area contributed by atoms with E-state index in [1.807, 2.05) is 4.72 Å². The third-order valence-electron chi connectivity index (χ3n) is 2.92. The van der Waals surface area contributed by atoms with Gasteiger partial charge in [-0.1, -0.05) is 23.7 Å². The molecule has 0 fully saturated rings. The molecule has 0 saturated heterocycles. The summed E-state index contributed by atoms with van der Waals surface area (Å²) in [7, 11) is -3.92. The van der Waals surface area contributed by atoms with E-state index in [1.54, 1.807) is 31.2 Å². The molecule has 1 atom stereocenters. The van der Waals surface area contributed by atoms with Crippen LogP contribution in [0, 0.1) is 0 Å². The van der Waals surface area contributed by atoms with E-state index in [4.69, 9.17) is 11.6 Å². The monoisotopic (exact) mass is 324 g/mol. The lowest BCUT2D eigenvalue weighted by Gasteiger charge is -2.13. The number of benzene rings is 1. The van der Waals surface area contributed by atoms with Crippen LogP contribution >= 0.6 is 11.6 Å². The second-order valence-corrected chi connectivity index (χ2v) is 6.55. The quantitative estimate of drug-likeness (QED) is 0.936. The molecule has 1 aromatic heterocycles. The van der Waals surface area contributed by atoms with Gasteiger partial charge in [0.1, 0.15) is 4.90 Å². The van der Waals surface area contributed by atoms with Crippen LogP contribution < -0.4 is 4.72 Å². The van der Waals surface area contributed by atoms with E-state index < -0.39 is 21.8 Å². The van der Waals surface area contributed by atoms with Crippen molar-refractivity contribution >= 4 is 27.5 Å². The Kier molecular flexibility index (Phi) is 4.59. The number of pyridine rings is 1. The first-order valence-corrected chi connectivity index (χ1v) is 7.98. The SMILES string of the molecule is C[C@@H](C(=O)NS(=O)(=O)c1cccnc1)c1cccc(Cl)c1. The molecule has 1 aromatic carbocycles. The zero-order chi connectivity index (χ0) is 15.5.